The molecule has 0 atom stereocenters. The van der Waals surface area contributed by atoms with Gasteiger partial charge >= 0.3 is 0 Å². The van der Waals surface area contributed by atoms with Crippen LogP contribution in [0.1, 0.15) is 36.9 Å². The summed E-state index contributed by atoms with van der Waals surface area (Å²) in [5.41, 5.74) is 5.59. The van der Waals surface area contributed by atoms with E-state index in [9.17, 15) is 0 Å². The van der Waals surface area contributed by atoms with Gasteiger partial charge in [0.25, 0.3) is 13.1 Å². The Hall–Kier alpha value is -3.32. The van der Waals surface area contributed by atoms with Crippen molar-refractivity contribution in [1.82, 2.24) is 9.38 Å². The first kappa shape index (κ1) is 20.0. The second-order valence-corrected chi connectivity index (χ2v) is 7.95. The molecule has 4 nitrogen and oxygen atoms in total. The Balaban J connectivity index is 1.71. The number of nitrogens with zero attached hydrogens (tertiary/aromatic N) is 3. The van der Waals surface area contributed by atoms with Gasteiger partial charge in [-0.05, 0) is 55.2 Å². The predicted molar refractivity (Wildman–Crippen MR) is 128 cm³/mol. The fourth-order valence-electron chi connectivity index (χ4n) is 4.20. The van der Waals surface area contributed by atoms with Crippen LogP contribution in [0.2, 0.25) is 0 Å². The van der Waals surface area contributed by atoms with E-state index in [1.165, 1.54) is 34.0 Å². The first-order chi connectivity index (χ1) is 14.7. The molecule has 0 aliphatic heterocycles. The molecule has 0 aliphatic carbocycles. The van der Waals surface area contributed by atoms with E-state index < -0.39 is 0 Å². The molecule has 2 aromatic carbocycles. The maximum Gasteiger partial charge on any atom is 0.263 e. The van der Waals surface area contributed by atoms with Crippen LogP contribution in [0, 0.1) is 20.4 Å². The van der Waals surface area contributed by atoms with Gasteiger partial charge in [-0.3, -0.25) is 4.40 Å². The standard InChI is InChI=1S/C26H29N4/c1-19-17-20(2)30-24(18-19)29-25(26(30)28-16-9-5-4-8-15-27-3)23-14-10-12-21-11-6-7-13-22(21)23/h3,6-7,10-14,17-18,28H,4-5,8-9,15-16H2,1-2H3/q+1. The molecule has 4 rings (SSSR count). The SMILES string of the molecule is C#[N+]CCCCCCNc1c(-c2cccc3ccccc23)nc2cc(C)cc(C)n12. The fraction of sp³-hybridized carbons (Fsp3) is 0.308. The maximum atomic E-state index is 5.23. The third kappa shape index (κ3) is 4.02. The molecule has 2 aromatic heterocycles. The van der Waals surface area contributed by atoms with Crippen molar-refractivity contribution in [3.63, 3.8) is 0 Å². The average Bonchev–Trinajstić information content (AvgIpc) is 3.11. The zero-order valence-corrected chi connectivity index (χ0v) is 17.9. The quantitative estimate of drug-likeness (QED) is 0.335. The molecule has 0 saturated heterocycles. The molecule has 4 aromatic rings. The normalized spacial score (nSPS) is 11.1. The van der Waals surface area contributed by atoms with Crippen LogP contribution in [0.4, 0.5) is 5.82 Å². The van der Waals surface area contributed by atoms with Gasteiger partial charge in [-0.1, -0.05) is 53.7 Å². The van der Waals surface area contributed by atoms with Gasteiger partial charge < -0.3 is 5.32 Å². The number of benzene rings is 2. The van der Waals surface area contributed by atoms with E-state index in [1.807, 2.05) is 0 Å². The highest BCUT2D eigenvalue weighted by molar-refractivity contribution is 5.98. The number of fused-ring (bicyclic) bond motifs is 2. The molecular formula is C26H29N4+. The highest BCUT2D eigenvalue weighted by Crippen LogP contribution is 2.35. The van der Waals surface area contributed by atoms with E-state index in [1.54, 1.807) is 0 Å². The van der Waals surface area contributed by atoms with Crippen LogP contribution < -0.4 is 5.32 Å². The van der Waals surface area contributed by atoms with Crippen LogP contribution in [-0.2, 0) is 0 Å². The third-order valence-electron chi connectivity index (χ3n) is 5.60. The number of aryl methyl sites for hydroxylation is 2. The summed E-state index contributed by atoms with van der Waals surface area (Å²) in [6.07, 6.45) is 4.49. The molecule has 0 saturated carbocycles. The first-order valence-corrected chi connectivity index (χ1v) is 10.8. The van der Waals surface area contributed by atoms with E-state index in [0.717, 1.165) is 49.5 Å². The van der Waals surface area contributed by atoms with Crippen molar-refractivity contribution in [3.05, 3.63) is 70.7 Å². The molecule has 2 heterocycles. The van der Waals surface area contributed by atoms with Crippen LogP contribution in [0.5, 0.6) is 0 Å². The van der Waals surface area contributed by atoms with Gasteiger partial charge in [-0.25, -0.2) is 4.98 Å². The molecule has 0 aliphatic rings. The molecule has 0 unspecified atom stereocenters. The van der Waals surface area contributed by atoms with E-state index in [4.69, 9.17) is 11.6 Å². The molecule has 30 heavy (non-hydrogen) atoms. The van der Waals surface area contributed by atoms with Gasteiger partial charge in [0.15, 0.2) is 0 Å². The number of rotatable bonds is 8. The summed E-state index contributed by atoms with van der Waals surface area (Å²) in [4.78, 5) is 8.76. The largest absolute Gasteiger partial charge is 0.369 e. The lowest BCUT2D eigenvalue weighted by atomic mass is 10.0. The van der Waals surface area contributed by atoms with Gasteiger partial charge in [0, 0.05) is 24.2 Å². The first-order valence-electron chi connectivity index (χ1n) is 10.8. The summed E-state index contributed by atoms with van der Waals surface area (Å²) in [5, 5.41) is 6.16. The number of imidazole rings is 1. The highest BCUT2D eigenvalue weighted by atomic mass is 15.1. The second-order valence-electron chi connectivity index (χ2n) is 7.95. The van der Waals surface area contributed by atoms with Crippen LogP contribution in [-0.4, -0.2) is 22.5 Å². The van der Waals surface area contributed by atoms with Crippen molar-refractivity contribution < 1.29 is 0 Å². The van der Waals surface area contributed by atoms with Crippen molar-refractivity contribution in [2.75, 3.05) is 18.4 Å². The number of aromatic nitrogens is 2. The Morgan fingerprint density at radius 1 is 0.967 bits per heavy atom. The molecule has 1 N–H and O–H groups in total. The van der Waals surface area contributed by atoms with Crippen molar-refractivity contribution in [2.45, 2.75) is 39.5 Å². The average molecular weight is 398 g/mol. The maximum absolute atomic E-state index is 5.23. The van der Waals surface area contributed by atoms with Gasteiger partial charge in [0.2, 0.25) is 0 Å². The van der Waals surface area contributed by atoms with Gasteiger partial charge in [0.05, 0.1) is 0 Å². The number of unbranched alkanes of at least 4 members (excludes halogenated alkanes) is 3. The van der Waals surface area contributed by atoms with Gasteiger partial charge in [-0.2, -0.15) is 0 Å². The fourth-order valence-corrected chi connectivity index (χ4v) is 4.20. The number of hydrogen-bond donors (Lipinski definition) is 1. The molecule has 152 valence electrons. The van der Waals surface area contributed by atoms with E-state index in [2.05, 4.69) is 83.0 Å². The minimum Gasteiger partial charge on any atom is -0.369 e. The van der Waals surface area contributed by atoms with Crippen LogP contribution >= 0.6 is 0 Å². The summed E-state index contributed by atoms with van der Waals surface area (Å²) in [6, 6.07) is 19.3. The van der Waals surface area contributed by atoms with Crippen LogP contribution in [0.25, 0.3) is 32.5 Å². The zero-order valence-electron chi connectivity index (χ0n) is 17.9. The highest BCUT2D eigenvalue weighted by Gasteiger charge is 2.17. The molecule has 0 fully saturated rings. The van der Waals surface area contributed by atoms with Gasteiger partial charge in [0.1, 0.15) is 17.2 Å². The van der Waals surface area contributed by atoms with E-state index in [0.29, 0.717) is 0 Å². The lowest BCUT2D eigenvalue weighted by Gasteiger charge is -2.12. The molecule has 0 amide bonds. The molecule has 4 heteroatoms. The Morgan fingerprint density at radius 3 is 2.63 bits per heavy atom. The summed E-state index contributed by atoms with van der Waals surface area (Å²) >= 11 is 0. The lowest BCUT2D eigenvalue weighted by molar-refractivity contribution is 0.677. The number of anilines is 1. The van der Waals surface area contributed by atoms with Gasteiger partial charge in [-0.15, -0.1) is 0 Å². The summed E-state index contributed by atoms with van der Waals surface area (Å²) in [5.74, 6) is 1.08. The summed E-state index contributed by atoms with van der Waals surface area (Å²) in [6.45, 7) is 11.2. The van der Waals surface area contributed by atoms with E-state index >= 15 is 0 Å². The number of nitrogens with one attached hydrogen (secondary N) is 1. The third-order valence-corrected chi connectivity index (χ3v) is 5.60. The van der Waals surface area contributed by atoms with Crippen molar-refractivity contribution in [3.8, 4) is 17.8 Å². The Morgan fingerprint density at radius 2 is 1.77 bits per heavy atom. The predicted octanol–water partition coefficient (Wildman–Crippen LogP) is 6.71. The van der Waals surface area contributed by atoms with Crippen LogP contribution in [0.3, 0.4) is 0 Å². The summed E-state index contributed by atoms with van der Waals surface area (Å²) in [7, 11) is 0. The van der Waals surface area contributed by atoms with Crippen LogP contribution in [0.15, 0.2) is 54.6 Å². The van der Waals surface area contributed by atoms with Crippen molar-refractivity contribution in [1.29, 1.82) is 0 Å². The van der Waals surface area contributed by atoms with E-state index in [-0.39, 0.29) is 0 Å². The molecule has 0 radical (unpaired) electrons. The summed E-state index contributed by atoms with van der Waals surface area (Å²) < 4.78 is 2.25. The van der Waals surface area contributed by atoms with Crippen molar-refractivity contribution in [2.24, 2.45) is 0 Å². The molecule has 0 spiro atoms. The minimum atomic E-state index is 0.754. The Kier molecular flexibility index (Phi) is 5.99. The Labute approximate surface area is 178 Å². The monoisotopic (exact) mass is 397 g/mol. The smallest absolute Gasteiger partial charge is 0.263 e. The topological polar surface area (TPSA) is 33.7 Å². The number of pyridine rings is 1. The zero-order chi connectivity index (χ0) is 20.9. The lowest BCUT2D eigenvalue weighted by Crippen LogP contribution is -2.07. The minimum absolute atomic E-state index is 0.754. The molecule has 0 bridgehead atoms. The van der Waals surface area contributed by atoms with Crippen molar-refractivity contribution >= 4 is 22.2 Å². The molecular weight excluding hydrogens is 368 g/mol. The Bertz CT molecular complexity index is 1210. The second kappa shape index (κ2) is 9.00. The number of hydrogen-bond acceptors (Lipinski definition) is 2.